The van der Waals surface area contributed by atoms with Crippen LogP contribution >= 0.6 is 0 Å². The molecule has 0 radical (unpaired) electrons. The Kier molecular flexibility index (Phi) is 2.88. The summed E-state index contributed by atoms with van der Waals surface area (Å²) in [6.45, 7) is 2.10. The molecule has 0 aromatic rings. The van der Waals surface area contributed by atoms with Gasteiger partial charge in [-0.3, -0.25) is 4.90 Å². The van der Waals surface area contributed by atoms with Crippen molar-refractivity contribution in [1.82, 2.24) is 4.90 Å². The highest BCUT2D eigenvalue weighted by Gasteiger charge is 2.45. The number of hydrogen-bond acceptors (Lipinski definition) is 3. The summed E-state index contributed by atoms with van der Waals surface area (Å²) in [6, 6.07) is 3.18. The Morgan fingerprint density at radius 3 is 2.47 bits per heavy atom. The van der Waals surface area contributed by atoms with Crippen molar-refractivity contribution >= 4 is 0 Å². The second kappa shape index (κ2) is 4.26. The Hall–Kier alpha value is -0.590. The predicted molar refractivity (Wildman–Crippen MR) is 65.4 cm³/mol. The highest BCUT2D eigenvalue weighted by molar-refractivity contribution is 5.06. The van der Waals surface area contributed by atoms with Crippen LogP contribution in [0.3, 0.4) is 0 Å². The SMILES string of the molecule is COC1(C#N)CCN(C2CC3CCC2C3)CC1. The lowest BCUT2D eigenvalue weighted by Crippen LogP contribution is -2.49. The number of ether oxygens (including phenoxy) is 1. The number of hydrogen-bond donors (Lipinski definition) is 0. The summed E-state index contributed by atoms with van der Waals surface area (Å²) in [5.41, 5.74) is -0.492. The normalized spacial score (nSPS) is 40.4. The van der Waals surface area contributed by atoms with Crippen LogP contribution in [0, 0.1) is 23.2 Å². The second-order valence-electron chi connectivity index (χ2n) is 6.09. The Balaban J connectivity index is 1.61. The Morgan fingerprint density at radius 1 is 1.24 bits per heavy atom. The lowest BCUT2D eigenvalue weighted by atomic mass is 9.88. The van der Waals surface area contributed by atoms with Gasteiger partial charge in [0.25, 0.3) is 0 Å². The molecule has 3 heteroatoms. The van der Waals surface area contributed by atoms with Crippen LogP contribution in [0.5, 0.6) is 0 Å². The number of nitriles is 1. The molecule has 3 nitrogen and oxygen atoms in total. The molecule has 2 saturated carbocycles. The van der Waals surface area contributed by atoms with E-state index in [1.54, 1.807) is 7.11 Å². The number of methoxy groups -OCH3 is 1. The van der Waals surface area contributed by atoms with Gasteiger partial charge in [0.15, 0.2) is 5.60 Å². The van der Waals surface area contributed by atoms with Crippen LogP contribution in [-0.4, -0.2) is 36.7 Å². The van der Waals surface area contributed by atoms with E-state index < -0.39 is 5.60 Å². The van der Waals surface area contributed by atoms with E-state index in [0.29, 0.717) is 0 Å². The molecule has 1 aliphatic heterocycles. The largest absolute Gasteiger partial charge is 0.363 e. The van der Waals surface area contributed by atoms with Crippen molar-refractivity contribution in [1.29, 1.82) is 5.26 Å². The van der Waals surface area contributed by atoms with Crippen LogP contribution < -0.4 is 0 Å². The maximum atomic E-state index is 9.20. The zero-order chi connectivity index (χ0) is 11.9. The molecule has 3 aliphatic rings. The van der Waals surface area contributed by atoms with Crippen molar-refractivity contribution in [2.75, 3.05) is 20.2 Å². The van der Waals surface area contributed by atoms with Gasteiger partial charge < -0.3 is 4.74 Å². The van der Waals surface area contributed by atoms with Crippen molar-refractivity contribution in [2.24, 2.45) is 11.8 Å². The van der Waals surface area contributed by atoms with Gasteiger partial charge in [-0.2, -0.15) is 5.26 Å². The van der Waals surface area contributed by atoms with Crippen LogP contribution in [0.1, 0.15) is 38.5 Å². The molecule has 3 fully saturated rings. The molecule has 3 atom stereocenters. The van der Waals surface area contributed by atoms with Crippen LogP contribution in [0.4, 0.5) is 0 Å². The first-order valence-corrected chi connectivity index (χ1v) is 6.97. The highest BCUT2D eigenvalue weighted by atomic mass is 16.5. The molecule has 1 heterocycles. The van der Waals surface area contributed by atoms with E-state index in [1.165, 1.54) is 25.7 Å². The van der Waals surface area contributed by atoms with Crippen molar-refractivity contribution in [3.63, 3.8) is 0 Å². The van der Waals surface area contributed by atoms with E-state index in [9.17, 15) is 5.26 Å². The van der Waals surface area contributed by atoms with E-state index in [4.69, 9.17) is 4.74 Å². The van der Waals surface area contributed by atoms with Crippen molar-refractivity contribution in [3.8, 4) is 6.07 Å². The molecular formula is C14H22N2O. The van der Waals surface area contributed by atoms with Crippen LogP contribution in [0.25, 0.3) is 0 Å². The van der Waals surface area contributed by atoms with Crippen LogP contribution in [-0.2, 0) is 4.74 Å². The Bertz CT molecular complexity index is 328. The first-order chi connectivity index (χ1) is 8.26. The minimum Gasteiger partial charge on any atom is -0.363 e. The molecule has 0 spiro atoms. The molecular weight excluding hydrogens is 212 g/mol. The third kappa shape index (κ3) is 1.88. The summed E-state index contributed by atoms with van der Waals surface area (Å²) in [4.78, 5) is 2.64. The van der Waals surface area contributed by atoms with Crippen LogP contribution in [0.2, 0.25) is 0 Å². The maximum absolute atomic E-state index is 9.20. The standard InChI is InChI=1S/C14H22N2O/c1-17-14(10-15)4-6-16(7-5-14)13-9-11-2-3-12(13)8-11/h11-13H,2-9H2,1H3. The van der Waals surface area contributed by atoms with E-state index in [2.05, 4.69) is 11.0 Å². The first-order valence-electron chi connectivity index (χ1n) is 6.97. The zero-order valence-corrected chi connectivity index (χ0v) is 10.7. The van der Waals surface area contributed by atoms with E-state index >= 15 is 0 Å². The molecule has 17 heavy (non-hydrogen) atoms. The van der Waals surface area contributed by atoms with Gasteiger partial charge in [-0.25, -0.2) is 0 Å². The molecule has 0 amide bonds. The summed E-state index contributed by atoms with van der Waals surface area (Å²) < 4.78 is 5.41. The number of nitrogens with zero attached hydrogens (tertiary/aromatic N) is 2. The fraction of sp³-hybridized carbons (Fsp3) is 0.929. The third-order valence-electron chi connectivity index (χ3n) is 5.37. The summed E-state index contributed by atoms with van der Waals surface area (Å²) >= 11 is 0. The summed E-state index contributed by atoms with van der Waals surface area (Å²) in [5.74, 6) is 1.97. The Morgan fingerprint density at radius 2 is 2.00 bits per heavy atom. The van der Waals surface area contributed by atoms with Gasteiger partial charge in [-0.1, -0.05) is 6.42 Å². The van der Waals surface area contributed by atoms with E-state index in [-0.39, 0.29) is 0 Å². The lowest BCUT2D eigenvalue weighted by Gasteiger charge is -2.41. The van der Waals surface area contributed by atoms with E-state index in [1.807, 2.05) is 0 Å². The van der Waals surface area contributed by atoms with Crippen molar-refractivity contribution in [3.05, 3.63) is 0 Å². The molecule has 2 aliphatic carbocycles. The minimum absolute atomic E-state index is 0.492. The smallest absolute Gasteiger partial charge is 0.156 e. The van der Waals surface area contributed by atoms with Crippen molar-refractivity contribution < 1.29 is 4.74 Å². The van der Waals surface area contributed by atoms with Gasteiger partial charge >= 0.3 is 0 Å². The highest BCUT2D eigenvalue weighted by Crippen LogP contribution is 2.47. The summed E-state index contributed by atoms with van der Waals surface area (Å²) in [5, 5.41) is 9.20. The Labute approximate surface area is 104 Å². The van der Waals surface area contributed by atoms with Gasteiger partial charge in [-0.05, 0) is 31.1 Å². The minimum atomic E-state index is -0.492. The van der Waals surface area contributed by atoms with Gasteiger partial charge in [0, 0.05) is 39.1 Å². The molecule has 94 valence electrons. The molecule has 3 unspecified atom stereocenters. The predicted octanol–water partition coefficient (Wildman–Crippen LogP) is 2.18. The van der Waals surface area contributed by atoms with Crippen LogP contribution in [0.15, 0.2) is 0 Å². The summed E-state index contributed by atoms with van der Waals surface area (Å²) in [7, 11) is 1.68. The molecule has 1 saturated heterocycles. The molecule has 2 bridgehead atoms. The summed E-state index contributed by atoms with van der Waals surface area (Å²) in [6.07, 6.45) is 7.56. The number of rotatable bonds is 2. The topological polar surface area (TPSA) is 36.3 Å². The second-order valence-corrected chi connectivity index (χ2v) is 6.09. The fourth-order valence-corrected chi connectivity index (χ4v) is 4.24. The molecule has 3 rings (SSSR count). The molecule has 0 aromatic carbocycles. The molecule has 0 N–H and O–H groups in total. The number of piperidine rings is 1. The third-order valence-corrected chi connectivity index (χ3v) is 5.37. The maximum Gasteiger partial charge on any atom is 0.156 e. The van der Waals surface area contributed by atoms with E-state index in [0.717, 1.165) is 43.8 Å². The van der Waals surface area contributed by atoms with Gasteiger partial charge in [0.1, 0.15) is 0 Å². The number of likely N-dealkylation sites (tertiary alicyclic amines) is 1. The van der Waals surface area contributed by atoms with Crippen molar-refractivity contribution in [2.45, 2.75) is 50.2 Å². The lowest BCUT2D eigenvalue weighted by molar-refractivity contribution is -0.0289. The monoisotopic (exact) mass is 234 g/mol. The fourth-order valence-electron chi connectivity index (χ4n) is 4.24. The first kappa shape index (κ1) is 11.5. The average Bonchev–Trinajstić information content (AvgIpc) is 3.01. The molecule has 0 aromatic heterocycles. The van der Waals surface area contributed by atoms with Gasteiger partial charge in [0.05, 0.1) is 6.07 Å². The average molecular weight is 234 g/mol. The zero-order valence-electron chi connectivity index (χ0n) is 10.7. The van der Waals surface area contributed by atoms with Gasteiger partial charge in [0.2, 0.25) is 0 Å². The number of fused-ring (bicyclic) bond motifs is 2. The quantitative estimate of drug-likeness (QED) is 0.734. The van der Waals surface area contributed by atoms with Gasteiger partial charge in [-0.15, -0.1) is 0 Å².